The molecule has 108 valence electrons. The molecule has 0 saturated carbocycles. The van der Waals surface area contributed by atoms with Crippen molar-refractivity contribution >= 4 is 0 Å². The molecule has 2 unspecified atom stereocenters. The molecule has 0 spiro atoms. The Balaban J connectivity index is 2.65. The van der Waals surface area contributed by atoms with E-state index < -0.39 is 6.10 Å². The van der Waals surface area contributed by atoms with E-state index in [9.17, 15) is 5.11 Å². The van der Waals surface area contributed by atoms with Crippen LogP contribution in [0.1, 0.15) is 44.9 Å². The highest BCUT2D eigenvalue weighted by atomic mass is 16.3. The van der Waals surface area contributed by atoms with Gasteiger partial charge < -0.3 is 15.7 Å². The molecule has 0 aliphatic carbocycles. The van der Waals surface area contributed by atoms with Gasteiger partial charge in [-0.25, -0.2) is 0 Å². The molecule has 3 heteroatoms. The molecule has 0 fully saturated rings. The van der Waals surface area contributed by atoms with Gasteiger partial charge in [0.2, 0.25) is 0 Å². The molecular weight excluding hydrogens is 236 g/mol. The quantitative estimate of drug-likeness (QED) is 0.859. The minimum absolute atomic E-state index is 0.206. The zero-order valence-electron chi connectivity index (χ0n) is 12.9. The van der Waals surface area contributed by atoms with Crippen LogP contribution < -0.4 is 5.73 Å². The summed E-state index contributed by atoms with van der Waals surface area (Å²) in [6, 6.07) is 8.29. The zero-order valence-corrected chi connectivity index (χ0v) is 12.9. The number of hydrogen-bond donors (Lipinski definition) is 2. The van der Waals surface area contributed by atoms with Crippen molar-refractivity contribution < 1.29 is 5.11 Å². The molecule has 0 aliphatic rings. The summed E-state index contributed by atoms with van der Waals surface area (Å²) in [6.45, 7) is 10.0. The molecule has 1 aromatic carbocycles. The highest BCUT2D eigenvalue weighted by Crippen LogP contribution is 2.25. The molecule has 0 heterocycles. The molecule has 3 nitrogen and oxygen atoms in total. The fourth-order valence-electron chi connectivity index (χ4n) is 2.07. The average molecular weight is 264 g/mol. The van der Waals surface area contributed by atoms with Crippen molar-refractivity contribution in [1.29, 1.82) is 0 Å². The third-order valence-corrected chi connectivity index (χ3v) is 3.98. The van der Waals surface area contributed by atoms with Gasteiger partial charge in [0.1, 0.15) is 0 Å². The first-order chi connectivity index (χ1) is 8.75. The number of aliphatic hydroxyl groups is 1. The van der Waals surface area contributed by atoms with E-state index in [2.05, 4.69) is 39.6 Å². The number of aliphatic hydroxyl groups excluding tert-OH is 1. The van der Waals surface area contributed by atoms with Crippen LogP contribution in [0.2, 0.25) is 0 Å². The minimum atomic E-state index is -0.457. The van der Waals surface area contributed by atoms with Crippen LogP contribution in [-0.2, 0) is 6.54 Å². The van der Waals surface area contributed by atoms with Gasteiger partial charge in [-0.2, -0.15) is 0 Å². The van der Waals surface area contributed by atoms with Gasteiger partial charge in [-0.05, 0) is 30.5 Å². The first kappa shape index (κ1) is 16.2. The number of benzene rings is 1. The molecular formula is C16H28N2O. The Bertz CT molecular complexity index is 381. The predicted molar refractivity (Wildman–Crippen MR) is 80.8 cm³/mol. The van der Waals surface area contributed by atoms with Gasteiger partial charge in [0.05, 0.1) is 6.10 Å². The smallest absolute Gasteiger partial charge is 0.0916 e. The number of nitrogens with two attached hydrogens (primary N) is 1. The second kappa shape index (κ2) is 6.51. The molecule has 2 atom stereocenters. The van der Waals surface area contributed by atoms with Crippen molar-refractivity contribution in [3.63, 3.8) is 0 Å². The minimum Gasteiger partial charge on any atom is -0.387 e. The third kappa shape index (κ3) is 4.60. The Kier molecular flexibility index (Phi) is 5.53. The summed E-state index contributed by atoms with van der Waals surface area (Å²) in [5, 5.41) is 10.3. The molecule has 19 heavy (non-hydrogen) atoms. The lowest BCUT2D eigenvalue weighted by molar-refractivity contribution is 0.0715. The summed E-state index contributed by atoms with van der Waals surface area (Å²) >= 11 is 0. The standard InChI is InChI=1S/C16H28N2O/c1-12(16(2,3)4)18(5)11-15(19)14-8-6-13(10-17)7-9-14/h6-9,12,15,19H,10-11,17H2,1-5H3. The molecule has 0 aliphatic heterocycles. The predicted octanol–water partition coefficient (Wildman–Crippen LogP) is 2.55. The molecule has 0 amide bonds. The van der Waals surface area contributed by atoms with Gasteiger partial charge in [0.25, 0.3) is 0 Å². The van der Waals surface area contributed by atoms with Crippen molar-refractivity contribution in [3.05, 3.63) is 35.4 Å². The maximum Gasteiger partial charge on any atom is 0.0916 e. The lowest BCUT2D eigenvalue weighted by Gasteiger charge is -2.36. The van der Waals surface area contributed by atoms with Crippen molar-refractivity contribution in [2.75, 3.05) is 13.6 Å². The largest absolute Gasteiger partial charge is 0.387 e. The second-order valence-electron chi connectivity index (χ2n) is 6.44. The molecule has 1 aromatic rings. The Morgan fingerprint density at radius 3 is 2.16 bits per heavy atom. The first-order valence-electron chi connectivity index (χ1n) is 6.93. The second-order valence-corrected chi connectivity index (χ2v) is 6.44. The number of rotatable bonds is 5. The SMILES string of the molecule is CC(N(C)CC(O)c1ccc(CN)cc1)C(C)(C)C. The first-order valence-corrected chi connectivity index (χ1v) is 6.93. The topological polar surface area (TPSA) is 49.5 Å². The monoisotopic (exact) mass is 264 g/mol. The molecule has 3 N–H and O–H groups in total. The normalized spacial score (nSPS) is 15.6. The van der Waals surface area contributed by atoms with Crippen molar-refractivity contribution in [1.82, 2.24) is 4.90 Å². The van der Waals surface area contributed by atoms with E-state index in [4.69, 9.17) is 5.73 Å². The lowest BCUT2D eigenvalue weighted by Crippen LogP contribution is -2.41. The summed E-state index contributed by atoms with van der Waals surface area (Å²) < 4.78 is 0. The summed E-state index contributed by atoms with van der Waals surface area (Å²) in [6.07, 6.45) is -0.457. The summed E-state index contributed by atoms with van der Waals surface area (Å²) in [5.41, 5.74) is 7.82. The summed E-state index contributed by atoms with van der Waals surface area (Å²) in [7, 11) is 2.06. The van der Waals surface area contributed by atoms with Crippen LogP contribution in [0, 0.1) is 5.41 Å². The van der Waals surface area contributed by atoms with Crippen LogP contribution >= 0.6 is 0 Å². The van der Waals surface area contributed by atoms with Crippen LogP contribution in [-0.4, -0.2) is 29.6 Å². The fraction of sp³-hybridized carbons (Fsp3) is 0.625. The lowest BCUT2D eigenvalue weighted by atomic mass is 9.87. The van der Waals surface area contributed by atoms with Crippen molar-refractivity contribution in [2.24, 2.45) is 11.1 Å². The van der Waals surface area contributed by atoms with Gasteiger partial charge in [0.15, 0.2) is 0 Å². The van der Waals surface area contributed by atoms with Gasteiger partial charge in [-0.15, -0.1) is 0 Å². The van der Waals surface area contributed by atoms with Crippen LogP contribution in [0.5, 0.6) is 0 Å². The van der Waals surface area contributed by atoms with Crippen molar-refractivity contribution in [3.8, 4) is 0 Å². The summed E-state index contributed by atoms with van der Waals surface area (Å²) in [5.74, 6) is 0. The van der Waals surface area contributed by atoms with Crippen molar-refractivity contribution in [2.45, 2.75) is 46.4 Å². The maximum atomic E-state index is 10.3. The number of nitrogens with zero attached hydrogens (tertiary/aromatic N) is 1. The zero-order chi connectivity index (χ0) is 14.6. The third-order valence-electron chi connectivity index (χ3n) is 3.98. The van der Waals surface area contributed by atoms with Crippen LogP contribution in [0.4, 0.5) is 0 Å². The van der Waals surface area contributed by atoms with E-state index in [0.717, 1.165) is 11.1 Å². The maximum absolute atomic E-state index is 10.3. The fourth-order valence-corrected chi connectivity index (χ4v) is 2.07. The number of likely N-dealkylation sites (N-methyl/N-ethyl adjacent to an activating group) is 1. The van der Waals surface area contributed by atoms with E-state index in [1.54, 1.807) is 0 Å². The Morgan fingerprint density at radius 2 is 1.74 bits per heavy atom. The van der Waals surface area contributed by atoms with E-state index in [1.165, 1.54) is 0 Å². The van der Waals surface area contributed by atoms with Crippen LogP contribution in [0.15, 0.2) is 24.3 Å². The highest BCUT2D eigenvalue weighted by Gasteiger charge is 2.25. The van der Waals surface area contributed by atoms with E-state index >= 15 is 0 Å². The van der Waals surface area contributed by atoms with E-state index in [0.29, 0.717) is 19.1 Å². The Morgan fingerprint density at radius 1 is 1.21 bits per heavy atom. The molecule has 0 radical (unpaired) electrons. The van der Waals surface area contributed by atoms with E-state index in [-0.39, 0.29) is 5.41 Å². The molecule has 0 aromatic heterocycles. The van der Waals surface area contributed by atoms with Crippen LogP contribution in [0.25, 0.3) is 0 Å². The highest BCUT2D eigenvalue weighted by molar-refractivity contribution is 5.24. The summed E-state index contributed by atoms with van der Waals surface area (Å²) in [4.78, 5) is 2.21. The van der Waals surface area contributed by atoms with Gasteiger partial charge in [-0.1, -0.05) is 45.0 Å². The molecule has 0 bridgehead atoms. The average Bonchev–Trinajstić information content (AvgIpc) is 2.36. The van der Waals surface area contributed by atoms with E-state index in [1.807, 2.05) is 24.3 Å². The molecule has 0 saturated heterocycles. The Labute approximate surface area is 117 Å². The molecule has 1 rings (SSSR count). The van der Waals surface area contributed by atoms with Crippen LogP contribution in [0.3, 0.4) is 0 Å². The number of hydrogen-bond acceptors (Lipinski definition) is 3. The Hall–Kier alpha value is -0.900. The van der Waals surface area contributed by atoms with Gasteiger partial charge in [0, 0.05) is 19.1 Å². The van der Waals surface area contributed by atoms with Gasteiger partial charge >= 0.3 is 0 Å². The van der Waals surface area contributed by atoms with Gasteiger partial charge in [-0.3, -0.25) is 0 Å².